The number of fused-ring (bicyclic) bond motifs is 1. The van der Waals surface area contributed by atoms with Gasteiger partial charge in [0.1, 0.15) is 41.4 Å². The van der Waals surface area contributed by atoms with E-state index in [0.717, 1.165) is 16.7 Å². The number of methoxy groups -OCH3 is 1. The SMILES string of the molecule is CCOc1nc(NC(c2ccccc2)(c2ccccc2)c2ccc(OC)cc2)nc2c1ncn2[C@@H]1O[C@](F)(COP(=O)(N[C@@H](C)C(=O)OCC(C)(C)C)Oc2ccccc2)[C@@H](O)[C@@]1(C)O. The minimum atomic E-state index is -4.66. The average Bonchev–Trinajstić information content (AvgIpc) is 3.79. The van der Waals surface area contributed by atoms with Gasteiger partial charge in [0.15, 0.2) is 17.4 Å². The number of carbonyl (C=O) groups is 1. The van der Waals surface area contributed by atoms with Gasteiger partial charge < -0.3 is 39.0 Å². The average molecular weight is 913 g/mol. The molecule has 16 nitrogen and oxygen atoms in total. The number of halogens is 1. The molecular formula is C47H54FN6O10P. The molecule has 1 fully saturated rings. The summed E-state index contributed by atoms with van der Waals surface area (Å²) in [4.78, 5) is 27.1. The zero-order valence-electron chi connectivity index (χ0n) is 37.2. The third-order valence-corrected chi connectivity index (χ3v) is 12.3. The molecule has 0 aliphatic carbocycles. The monoisotopic (exact) mass is 912 g/mol. The van der Waals surface area contributed by atoms with Gasteiger partial charge in [-0.3, -0.25) is 13.9 Å². The number of benzene rings is 4. The summed E-state index contributed by atoms with van der Waals surface area (Å²) in [6.45, 7) is 8.97. The van der Waals surface area contributed by atoms with E-state index in [1.807, 2.05) is 106 Å². The zero-order valence-corrected chi connectivity index (χ0v) is 38.1. The number of ether oxygens (including phenoxy) is 4. The smallest absolute Gasteiger partial charge is 0.459 e. The van der Waals surface area contributed by atoms with Crippen molar-refractivity contribution in [2.45, 2.75) is 76.9 Å². The lowest BCUT2D eigenvalue weighted by molar-refractivity contribution is -0.202. The molecule has 0 saturated carbocycles. The Morgan fingerprint density at radius 3 is 2.08 bits per heavy atom. The van der Waals surface area contributed by atoms with Crippen molar-refractivity contribution < 1.29 is 52.0 Å². The van der Waals surface area contributed by atoms with Gasteiger partial charge in [0.25, 0.3) is 5.85 Å². The fourth-order valence-corrected chi connectivity index (χ4v) is 8.94. The molecule has 0 bridgehead atoms. The summed E-state index contributed by atoms with van der Waals surface area (Å²) >= 11 is 0. The van der Waals surface area contributed by atoms with E-state index in [2.05, 4.69) is 15.4 Å². The highest BCUT2D eigenvalue weighted by atomic mass is 31.2. The van der Waals surface area contributed by atoms with Crippen molar-refractivity contribution in [2.75, 3.05) is 32.2 Å². The van der Waals surface area contributed by atoms with Crippen molar-refractivity contribution in [1.82, 2.24) is 24.6 Å². The maximum atomic E-state index is 17.2. The Morgan fingerprint density at radius 2 is 1.51 bits per heavy atom. The number of aliphatic hydroxyl groups excluding tert-OH is 1. The van der Waals surface area contributed by atoms with Crippen LogP contribution in [0.2, 0.25) is 0 Å². The lowest BCUT2D eigenvalue weighted by atomic mass is 9.77. The number of alkyl halides is 1. The van der Waals surface area contributed by atoms with E-state index < -0.39 is 55.7 Å². The second-order valence-corrected chi connectivity index (χ2v) is 18.7. The number of nitrogens with zero attached hydrogens (tertiary/aromatic N) is 4. The number of nitrogens with one attached hydrogen (secondary N) is 2. The van der Waals surface area contributed by atoms with Crippen LogP contribution >= 0.6 is 7.75 Å². The molecule has 344 valence electrons. The molecule has 6 atom stereocenters. The molecule has 0 spiro atoms. The molecule has 1 unspecified atom stereocenters. The first-order valence-corrected chi connectivity index (χ1v) is 22.6. The third-order valence-electron chi connectivity index (χ3n) is 10.7. The quantitative estimate of drug-likeness (QED) is 0.0371. The van der Waals surface area contributed by atoms with Gasteiger partial charge in [0, 0.05) is 0 Å². The Bertz CT molecular complexity index is 2560. The molecule has 1 aliphatic heterocycles. The van der Waals surface area contributed by atoms with Crippen LogP contribution in [0.3, 0.4) is 0 Å². The van der Waals surface area contributed by atoms with Crippen LogP contribution in [-0.4, -0.2) is 86.2 Å². The van der Waals surface area contributed by atoms with Crippen LogP contribution in [0.25, 0.3) is 11.2 Å². The second-order valence-electron chi connectivity index (χ2n) is 17.0. The Labute approximate surface area is 376 Å². The number of anilines is 1. The van der Waals surface area contributed by atoms with Crippen LogP contribution in [0.5, 0.6) is 17.4 Å². The van der Waals surface area contributed by atoms with E-state index in [1.165, 1.54) is 36.9 Å². The Kier molecular flexibility index (Phi) is 13.7. The topological polar surface area (TPSA) is 198 Å². The number of imidazole rings is 1. The summed E-state index contributed by atoms with van der Waals surface area (Å²) in [5.74, 6) is -3.15. The molecule has 65 heavy (non-hydrogen) atoms. The number of para-hydroxylation sites is 1. The summed E-state index contributed by atoms with van der Waals surface area (Å²) in [5, 5.41) is 29.5. The number of carbonyl (C=O) groups excluding carboxylic acids is 1. The largest absolute Gasteiger partial charge is 0.497 e. The molecule has 6 aromatic rings. The number of aliphatic hydroxyl groups is 2. The summed E-state index contributed by atoms with van der Waals surface area (Å²) in [6, 6.07) is 33.6. The minimum Gasteiger partial charge on any atom is -0.497 e. The van der Waals surface area contributed by atoms with E-state index in [0.29, 0.717) is 5.75 Å². The summed E-state index contributed by atoms with van der Waals surface area (Å²) < 4.78 is 66.9. The first-order valence-electron chi connectivity index (χ1n) is 21.0. The lowest BCUT2D eigenvalue weighted by Gasteiger charge is -2.37. The molecule has 0 amide bonds. The lowest BCUT2D eigenvalue weighted by Crippen LogP contribution is -2.49. The fourth-order valence-electron chi connectivity index (χ4n) is 7.43. The molecule has 18 heteroatoms. The summed E-state index contributed by atoms with van der Waals surface area (Å²) in [7, 11) is -3.06. The van der Waals surface area contributed by atoms with Crippen molar-refractivity contribution in [1.29, 1.82) is 0 Å². The highest BCUT2D eigenvalue weighted by Crippen LogP contribution is 2.51. The Morgan fingerprint density at radius 1 is 0.923 bits per heavy atom. The predicted molar refractivity (Wildman–Crippen MR) is 240 cm³/mol. The Hall–Kier alpha value is -5.94. The van der Waals surface area contributed by atoms with Crippen molar-refractivity contribution in [3.05, 3.63) is 138 Å². The van der Waals surface area contributed by atoms with E-state index >= 15 is 4.39 Å². The van der Waals surface area contributed by atoms with Crippen molar-refractivity contribution in [2.24, 2.45) is 5.41 Å². The third kappa shape index (κ3) is 10.0. The molecule has 2 aromatic heterocycles. The van der Waals surface area contributed by atoms with Crippen LogP contribution in [-0.2, 0) is 28.9 Å². The number of rotatable bonds is 18. The predicted octanol–water partition coefficient (Wildman–Crippen LogP) is 7.72. The highest BCUT2D eigenvalue weighted by Gasteiger charge is 2.64. The van der Waals surface area contributed by atoms with Crippen LogP contribution < -0.4 is 24.4 Å². The van der Waals surface area contributed by atoms with Crippen LogP contribution in [0.1, 0.15) is 64.5 Å². The maximum Gasteiger partial charge on any atom is 0.459 e. The van der Waals surface area contributed by atoms with Crippen LogP contribution in [0.4, 0.5) is 10.3 Å². The first-order chi connectivity index (χ1) is 30.9. The van der Waals surface area contributed by atoms with Crippen molar-refractivity contribution in [3.63, 3.8) is 0 Å². The number of hydrogen-bond acceptors (Lipinski definition) is 14. The van der Waals surface area contributed by atoms with Gasteiger partial charge in [-0.25, -0.2) is 13.9 Å². The number of aromatic nitrogens is 4. The fraction of sp³-hybridized carbons (Fsp3) is 0.362. The van der Waals surface area contributed by atoms with E-state index in [1.54, 1.807) is 32.2 Å². The molecule has 0 radical (unpaired) electrons. The summed E-state index contributed by atoms with van der Waals surface area (Å²) in [5.41, 5.74) is -1.22. The first kappa shape index (κ1) is 47.0. The van der Waals surface area contributed by atoms with Crippen molar-refractivity contribution >= 4 is 30.8 Å². The molecule has 1 aliphatic rings. The van der Waals surface area contributed by atoms with Gasteiger partial charge >= 0.3 is 13.7 Å². The molecule has 1 saturated heterocycles. The van der Waals surface area contributed by atoms with Gasteiger partial charge in [-0.2, -0.15) is 15.1 Å². The molecule has 4 N–H and O–H groups in total. The highest BCUT2D eigenvalue weighted by molar-refractivity contribution is 7.52. The van der Waals surface area contributed by atoms with Crippen LogP contribution in [0, 0.1) is 5.41 Å². The maximum absolute atomic E-state index is 17.2. The standard InChI is InChI=1S/C47H54FN6O10P/c1-8-60-39-37-38(50-43(51-39)52-47(32-18-12-9-13-19-32,33-20-14-10-15-21-33)34-24-26-35(59-7)27-25-34)54(30-49-37)42-45(6,57)41(56)46(48,63-42)29-62-65(58,64-36-22-16-11-17-23-36)53-31(2)40(55)61-28-44(3,4)5/h9-27,30-31,41-42,56-57H,8,28-29H2,1-7H3,(H,53,58)(H,50,51,52)/t31-,41-,42+,45+,46+,65?/m0/s1. The van der Waals surface area contributed by atoms with Gasteiger partial charge in [0.05, 0.1) is 26.7 Å². The second kappa shape index (κ2) is 18.9. The Balaban J connectivity index is 1.25. The normalized spacial score (nSPS) is 21.3. The van der Waals surface area contributed by atoms with E-state index in [4.69, 9.17) is 38.0 Å². The van der Waals surface area contributed by atoms with E-state index in [9.17, 15) is 19.6 Å². The molecular weight excluding hydrogens is 859 g/mol. The minimum absolute atomic E-state index is 0.0423. The number of esters is 1. The van der Waals surface area contributed by atoms with Crippen molar-refractivity contribution in [3.8, 4) is 17.4 Å². The zero-order chi connectivity index (χ0) is 46.6. The van der Waals surface area contributed by atoms with Gasteiger partial charge in [-0.15, -0.1) is 0 Å². The molecule has 4 aromatic carbocycles. The molecule has 3 heterocycles. The van der Waals surface area contributed by atoms with E-state index in [-0.39, 0.29) is 47.4 Å². The van der Waals surface area contributed by atoms with Gasteiger partial charge in [-0.1, -0.05) is 112 Å². The molecule has 7 rings (SSSR count). The summed E-state index contributed by atoms with van der Waals surface area (Å²) in [6.07, 6.45) is -2.76. The number of hydrogen-bond donors (Lipinski definition) is 4. The van der Waals surface area contributed by atoms with Gasteiger partial charge in [0.2, 0.25) is 11.8 Å². The van der Waals surface area contributed by atoms with Crippen LogP contribution in [0.15, 0.2) is 122 Å². The van der Waals surface area contributed by atoms with Gasteiger partial charge in [-0.05, 0) is 67.1 Å².